The van der Waals surface area contributed by atoms with Crippen molar-refractivity contribution < 1.29 is 19.8 Å². The van der Waals surface area contributed by atoms with Gasteiger partial charge in [-0.15, -0.1) is 0 Å². The van der Waals surface area contributed by atoms with Gasteiger partial charge in [0, 0.05) is 21.7 Å². The average Bonchev–Trinajstić information content (AvgIpc) is 3.17. The highest BCUT2D eigenvalue weighted by Crippen LogP contribution is 2.17. The van der Waals surface area contributed by atoms with Gasteiger partial charge in [0.2, 0.25) is 0 Å². The van der Waals surface area contributed by atoms with Gasteiger partial charge in [0.1, 0.15) is 6.42 Å². The van der Waals surface area contributed by atoms with Crippen molar-refractivity contribution in [1.29, 1.82) is 0 Å². The van der Waals surface area contributed by atoms with E-state index in [2.05, 4.69) is 26.6 Å². The van der Waals surface area contributed by atoms with Gasteiger partial charge in [0.15, 0.2) is 5.78 Å². The Morgan fingerprint density at radius 3 is 1.87 bits per heavy atom. The van der Waals surface area contributed by atoms with Crippen LogP contribution < -0.4 is 17.2 Å². The first kappa shape index (κ1) is 27.0. The molecule has 30 heavy (non-hydrogen) atoms. The number of carbonyl (C=O) groups is 2. The molecule has 8 N–H and O–H groups in total. The second-order valence-corrected chi connectivity index (χ2v) is 6.24. The van der Waals surface area contributed by atoms with Crippen LogP contribution in [-0.2, 0) is 9.53 Å². The summed E-state index contributed by atoms with van der Waals surface area (Å²) in [6.45, 7) is 0. The molecule has 162 valence electrons. The molecule has 3 rings (SSSR count). The molecule has 0 unspecified atom stereocenters. The third kappa shape index (κ3) is 9.03. The van der Waals surface area contributed by atoms with E-state index in [1.165, 1.54) is 13.2 Å². The quantitative estimate of drug-likeness (QED) is 0.153. The summed E-state index contributed by atoms with van der Waals surface area (Å²) >= 11 is 11.4. The van der Waals surface area contributed by atoms with Crippen LogP contribution in [0, 0.1) is 0 Å². The van der Waals surface area contributed by atoms with Crippen molar-refractivity contribution in [3.63, 3.8) is 0 Å². The highest BCUT2D eigenvalue weighted by Gasteiger charge is 2.11. The molecule has 9 nitrogen and oxygen atoms in total. The van der Waals surface area contributed by atoms with Gasteiger partial charge in [0.05, 0.1) is 12.8 Å². The molecule has 0 bridgehead atoms. The fourth-order valence-electron chi connectivity index (χ4n) is 2.06. The van der Waals surface area contributed by atoms with Crippen LogP contribution >= 0.6 is 23.2 Å². The molecule has 0 saturated heterocycles. The Balaban J connectivity index is 0.000000503. The molecule has 0 spiro atoms. The van der Waals surface area contributed by atoms with Crippen LogP contribution in [0.3, 0.4) is 0 Å². The number of nitrogens with one attached hydrogen (secondary N) is 2. The molecule has 11 heteroatoms. The van der Waals surface area contributed by atoms with Gasteiger partial charge in [-0.05, 0) is 42.0 Å². The molecule has 0 amide bonds. The zero-order chi connectivity index (χ0) is 21.8. The first-order valence-corrected chi connectivity index (χ1v) is 8.87. The summed E-state index contributed by atoms with van der Waals surface area (Å²) in [5, 5.41) is 6.47. The van der Waals surface area contributed by atoms with E-state index in [1.807, 2.05) is 12.1 Å². The lowest BCUT2D eigenvalue weighted by atomic mass is 10.1. The maximum atomic E-state index is 11.4. The molecular formula is C19H22Cl2N4O5. The number of Topliss-reactive ketones (excluding diaryl/α,β-unsaturated/α-hetero) is 1. The number of rotatable bonds is 4. The van der Waals surface area contributed by atoms with Crippen molar-refractivity contribution in [3.8, 4) is 11.3 Å². The minimum Gasteiger partial charge on any atom is -0.469 e. The molecule has 0 atom stereocenters. The maximum Gasteiger partial charge on any atom is 0.313 e. The average molecular weight is 457 g/mol. The molecule has 0 aliphatic heterocycles. The fourth-order valence-corrected chi connectivity index (χ4v) is 2.31. The molecule has 2 aromatic carbocycles. The lowest BCUT2D eigenvalue weighted by Crippen LogP contribution is -2.09. The first-order chi connectivity index (χ1) is 13.9. The number of halogens is 2. The summed E-state index contributed by atoms with van der Waals surface area (Å²) < 4.78 is 4.38. The highest BCUT2D eigenvalue weighted by molar-refractivity contribution is 6.31. The Kier molecular flexibility index (Phi) is 12.7. The molecule has 3 aromatic rings. The van der Waals surface area contributed by atoms with Crippen LogP contribution in [-0.4, -0.2) is 34.5 Å². The Hall–Kier alpha value is -2.95. The predicted molar refractivity (Wildman–Crippen MR) is 116 cm³/mol. The maximum absolute atomic E-state index is 11.4. The Labute approximate surface area is 182 Å². The Bertz CT molecular complexity index is 970. The number of ketones is 1. The summed E-state index contributed by atoms with van der Waals surface area (Å²) in [6, 6.07) is 15.1. The molecule has 1 aromatic heterocycles. The zero-order valence-corrected chi connectivity index (χ0v) is 17.5. The lowest BCUT2D eigenvalue weighted by molar-refractivity contribution is -0.139. The Morgan fingerprint density at radius 2 is 1.43 bits per heavy atom. The van der Waals surface area contributed by atoms with Crippen LogP contribution in [0.5, 0.6) is 0 Å². The van der Waals surface area contributed by atoms with Crippen molar-refractivity contribution in [2.45, 2.75) is 6.42 Å². The van der Waals surface area contributed by atoms with Crippen molar-refractivity contribution in [1.82, 2.24) is 10.2 Å². The van der Waals surface area contributed by atoms with Gasteiger partial charge in [0.25, 0.3) is 5.56 Å². The fraction of sp³-hybridized carbons (Fsp3) is 0.105. The van der Waals surface area contributed by atoms with E-state index in [4.69, 9.17) is 23.2 Å². The van der Waals surface area contributed by atoms with Crippen LogP contribution in [0.1, 0.15) is 16.8 Å². The summed E-state index contributed by atoms with van der Waals surface area (Å²) in [5.41, 5.74) is 2.02. The second-order valence-electron chi connectivity index (χ2n) is 5.36. The molecule has 0 saturated carbocycles. The van der Waals surface area contributed by atoms with E-state index in [1.54, 1.807) is 36.4 Å². The van der Waals surface area contributed by atoms with Crippen molar-refractivity contribution in [2.24, 2.45) is 11.7 Å². The minimum atomic E-state index is -0.537. The van der Waals surface area contributed by atoms with Crippen LogP contribution in [0.15, 0.2) is 59.4 Å². The largest absolute Gasteiger partial charge is 0.469 e. The molecular weight excluding hydrogens is 435 g/mol. The summed E-state index contributed by atoms with van der Waals surface area (Å²) in [5.74, 6) is 7.19. The monoisotopic (exact) mass is 456 g/mol. The van der Waals surface area contributed by atoms with Gasteiger partial charge in [-0.25, -0.2) is 0 Å². The van der Waals surface area contributed by atoms with Crippen molar-refractivity contribution in [2.75, 3.05) is 7.11 Å². The lowest BCUT2D eigenvalue weighted by Gasteiger charge is -1.99. The smallest absolute Gasteiger partial charge is 0.313 e. The third-order valence-electron chi connectivity index (χ3n) is 3.45. The van der Waals surface area contributed by atoms with Gasteiger partial charge >= 0.3 is 5.97 Å². The van der Waals surface area contributed by atoms with Gasteiger partial charge in [-0.2, -0.15) is 0 Å². The number of ether oxygens (including phenoxy) is 1. The summed E-state index contributed by atoms with van der Waals surface area (Å²) in [4.78, 5) is 33.0. The Morgan fingerprint density at radius 1 is 0.933 bits per heavy atom. The molecule has 1 heterocycles. The topological polar surface area (TPSA) is 176 Å². The second kappa shape index (κ2) is 14.1. The van der Waals surface area contributed by atoms with E-state index in [0.29, 0.717) is 15.6 Å². The number of nitrogens with two attached hydrogens (primary N) is 2. The van der Waals surface area contributed by atoms with E-state index in [0.717, 1.165) is 11.3 Å². The number of esters is 1. The molecule has 0 fully saturated rings. The van der Waals surface area contributed by atoms with Gasteiger partial charge in [-0.3, -0.25) is 36.3 Å². The van der Waals surface area contributed by atoms with E-state index in [-0.39, 0.29) is 23.2 Å². The van der Waals surface area contributed by atoms with Crippen molar-refractivity contribution in [3.05, 3.63) is 80.6 Å². The highest BCUT2D eigenvalue weighted by atomic mass is 35.5. The normalized spacial score (nSPS) is 9.10. The van der Waals surface area contributed by atoms with Crippen LogP contribution in [0.25, 0.3) is 11.3 Å². The number of hydrogen-bond acceptors (Lipinski definition) is 6. The van der Waals surface area contributed by atoms with Crippen molar-refractivity contribution >= 4 is 35.0 Å². The number of aromatic nitrogens is 2. The van der Waals surface area contributed by atoms with Crippen LogP contribution in [0.2, 0.25) is 10.0 Å². The number of carbonyl (C=O) groups excluding carboxylic acids is 2. The third-order valence-corrected chi connectivity index (χ3v) is 3.95. The number of methoxy groups -OCH3 is 1. The number of hydrogen-bond donors (Lipinski definition) is 4. The first-order valence-electron chi connectivity index (χ1n) is 8.11. The van der Waals surface area contributed by atoms with Gasteiger partial charge < -0.3 is 10.2 Å². The summed E-state index contributed by atoms with van der Waals surface area (Å²) in [6.07, 6.45) is -0.238. The van der Waals surface area contributed by atoms with E-state index >= 15 is 0 Å². The number of benzene rings is 2. The zero-order valence-electron chi connectivity index (χ0n) is 15.9. The standard InChI is InChI=1S/C10H9ClO3.C9H7ClN2O.H4N2.H2O/c1-14-10(13)6-9(12)7-2-4-8(11)5-3-7;10-7-3-1-6(2-4-7)8-5-9(13)12-11-8;1-2;/h2-5H,6H2,1H3;1-5H,(H2,11,12,13);1-2H2;1H2. The molecule has 0 aliphatic rings. The number of aromatic amines is 2. The minimum absolute atomic E-state index is 0. The van der Waals surface area contributed by atoms with Crippen LogP contribution in [0.4, 0.5) is 0 Å². The number of H-pyrrole nitrogens is 2. The SMILES string of the molecule is COC(=O)CC(=O)c1ccc(Cl)cc1.NN.O.O=c1cc(-c2ccc(Cl)cc2)[nH][nH]1. The predicted octanol–water partition coefficient (Wildman–Crippen LogP) is 2.10. The van der Waals surface area contributed by atoms with Gasteiger partial charge in [-0.1, -0.05) is 35.3 Å². The molecule has 0 radical (unpaired) electrons. The van der Waals surface area contributed by atoms with E-state index in [9.17, 15) is 14.4 Å². The number of hydrazine groups is 1. The molecule has 0 aliphatic carbocycles. The summed E-state index contributed by atoms with van der Waals surface area (Å²) in [7, 11) is 1.25. The van der Waals surface area contributed by atoms with E-state index < -0.39 is 5.97 Å².